The molecule has 98 valence electrons. The van der Waals surface area contributed by atoms with E-state index in [1.807, 2.05) is 44.9 Å². The third-order valence-electron chi connectivity index (χ3n) is 2.65. The predicted octanol–water partition coefficient (Wildman–Crippen LogP) is 1.77. The van der Waals surface area contributed by atoms with Gasteiger partial charge in [-0.1, -0.05) is 0 Å². The highest BCUT2D eigenvalue weighted by Crippen LogP contribution is 2.16. The topological polar surface area (TPSA) is 49.4 Å². The summed E-state index contributed by atoms with van der Waals surface area (Å²) >= 11 is 0. The number of hydrogen-bond donors (Lipinski definition) is 1. The zero-order valence-corrected chi connectivity index (χ0v) is 11.4. The minimum absolute atomic E-state index is 0.00961. The zero-order valence-electron chi connectivity index (χ0n) is 11.4. The molecule has 1 rings (SSSR count). The molecule has 1 aromatic carbocycles. The van der Waals surface area contributed by atoms with Crippen molar-refractivity contribution in [1.82, 2.24) is 5.32 Å². The molecule has 18 heavy (non-hydrogen) atoms. The van der Waals surface area contributed by atoms with E-state index in [-0.39, 0.29) is 11.9 Å². The van der Waals surface area contributed by atoms with Gasteiger partial charge in [0.05, 0.1) is 6.54 Å². The van der Waals surface area contributed by atoms with Crippen molar-refractivity contribution in [2.45, 2.75) is 26.8 Å². The molecular weight excluding hydrogens is 228 g/mol. The highest BCUT2D eigenvalue weighted by Gasteiger charge is 2.09. The van der Waals surface area contributed by atoms with Gasteiger partial charge in [-0.3, -0.25) is 9.59 Å². The van der Waals surface area contributed by atoms with Crippen LogP contribution >= 0.6 is 0 Å². The monoisotopic (exact) mass is 248 g/mol. The Morgan fingerprint density at radius 1 is 1.44 bits per heavy atom. The largest absolute Gasteiger partial charge is 0.365 e. The van der Waals surface area contributed by atoms with E-state index in [2.05, 4.69) is 5.32 Å². The summed E-state index contributed by atoms with van der Waals surface area (Å²) in [6.07, 6.45) is 0.838. The van der Waals surface area contributed by atoms with E-state index in [4.69, 9.17) is 0 Å². The molecule has 0 spiro atoms. The Balaban J connectivity index is 2.72. The number of nitrogens with one attached hydrogen (secondary N) is 1. The fraction of sp³-hybridized carbons (Fsp3) is 0.429. The summed E-state index contributed by atoms with van der Waals surface area (Å²) in [6.45, 7) is 6.05. The molecule has 0 unspecified atom stereocenters. The molecule has 0 heterocycles. The van der Waals surface area contributed by atoms with Gasteiger partial charge in [-0.15, -0.1) is 0 Å². The summed E-state index contributed by atoms with van der Waals surface area (Å²) in [4.78, 5) is 24.2. The molecule has 0 aromatic heterocycles. The number of aldehydes is 1. The summed E-state index contributed by atoms with van der Waals surface area (Å²) < 4.78 is 0. The van der Waals surface area contributed by atoms with Crippen LogP contribution in [-0.4, -0.2) is 31.8 Å². The van der Waals surface area contributed by atoms with Crippen LogP contribution in [0.15, 0.2) is 18.2 Å². The van der Waals surface area contributed by atoms with E-state index in [0.29, 0.717) is 12.1 Å². The smallest absolute Gasteiger partial charge is 0.239 e. The summed E-state index contributed by atoms with van der Waals surface area (Å²) in [5.74, 6) is -0.00961. The van der Waals surface area contributed by atoms with Gasteiger partial charge < -0.3 is 10.2 Å². The number of likely N-dealkylation sites (N-methyl/N-ethyl adjacent to an activating group) is 1. The van der Waals surface area contributed by atoms with E-state index < -0.39 is 0 Å². The first-order valence-electron chi connectivity index (χ1n) is 6.00. The average Bonchev–Trinajstić information content (AvgIpc) is 2.27. The van der Waals surface area contributed by atoms with Gasteiger partial charge in [-0.25, -0.2) is 0 Å². The highest BCUT2D eigenvalue weighted by atomic mass is 16.2. The summed E-state index contributed by atoms with van der Waals surface area (Å²) in [6, 6.07) is 5.67. The van der Waals surface area contributed by atoms with Crippen LogP contribution in [0.2, 0.25) is 0 Å². The normalized spacial score (nSPS) is 10.3. The van der Waals surface area contributed by atoms with Crippen molar-refractivity contribution < 1.29 is 9.59 Å². The standard InChI is InChI=1S/C14H20N2O2/c1-10(2)15-14(18)8-16(4)13-6-5-12(9-17)11(3)7-13/h5-7,9-10H,8H2,1-4H3,(H,15,18). The van der Waals surface area contributed by atoms with Crippen LogP contribution in [0.3, 0.4) is 0 Å². The maximum atomic E-state index is 11.6. The lowest BCUT2D eigenvalue weighted by atomic mass is 10.1. The third-order valence-corrected chi connectivity index (χ3v) is 2.65. The third kappa shape index (κ3) is 3.87. The zero-order chi connectivity index (χ0) is 13.7. The molecule has 1 N–H and O–H groups in total. The Morgan fingerprint density at radius 2 is 2.11 bits per heavy atom. The number of aryl methyl sites for hydroxylation is 1. The maximum absolute atomic E-state index is 11.6. The van der Waals surface area contributed by atoms with Crippen molar-refractivity contribution in [2.75, 3.05) is 18.5 Å². The van der Waals surface area contributed by atoms with Gasteiger partial charge >= 0.3 is 0 Å². The molecule has 0 saturated carbocycles. The van der Waals surface area contributed by atoms with Gasteiger partial charge in [-0.05, 0) is 44.5 Å². The fourth-order valence-corrected chi connectivity index (χ4v) is 1.70. The van der Waals surface area contributed by atoms with Crippen molar-refractivity contribution in [2.24, 2.45) is 0 Å². The molecule has 0 aliphatic carbocycles. The Hall–Kier alpha value is -1.84. The lowest BCUT2D eigenvalue weighted by molar-refractivity contribution is -0.120. The van der Waals surface area contributed by atoms with Crippen molar-refractivity contribution >= 4 is 17.9 Å². The first-order chi connectivity index (χ1) is 8.43. The SMILES string of the molecule is Cc1cc(N(C)CC(=O)NC(C)C)ccc1C=O. The molecule has 1 amide bonds. The molecule has 0 atom stereocenters. The molecule has 0 bridgehead atoms. The molecule has 4 nitrogen and oxygen atoms in total. The number of amides is 1. The minimum Gasteiger partial charge on any atom is -0.365 e. The van der Waals surface area contributed by atoms with E-state index in [1.54, 1.807) is 6.07 Å². The van der Waals surface area contributed by atoms with Gasteiger partial charge in [0.1, 0.15) is 6.29 Å². The highest BCUT2D eigenvalue weighted by molar-refractivity contribution is 5.82. The second kappa shape index (κ2) is 6.19. The van der Waals surface area contributed by atoms with Crippen LogP contribution in [-0.2, 0) is 4.79 Å². The van der Waals surface area contributed by atoms with Crippen LogP contribution in [0, 0.1) is 6.92 Å². The van der Waals surface area contributed by atoms with Gasteiger partial charge in [0, 0.05) is 24.3 Å². The Morgan fingerprint density at radius 3 is 2.61 bits per heavy atom. The molecule has 1 aromatic rings. The Bertz CT molecular complexity index is 441. The van der Waals surface area contributed by atoms with Gasteiger partial charge in [0.2, 0.25) is 5.91 Å². The first-order valence-corrected chi connectivity index (χ1v) is 6.00. The summed E-state index contributed by atoms with van der Waals surface area (Å²) in [5, 5.41) is 2.84. The van der Waals surface area contributed by atoms with Gasteiger partial charge in [0.15, 0.2) is 0 Å². The van der Waals surface area contributed by atoms with Crippen molar-refractivity contribution in [3.8, 4) is 0 Å². The molecule has 0 fully saturated rings. The van der Waals surface area contributed by atoms with E-state index in [9.17, 15) is 9.59 Å². The lowest BCUT2D eigenvalue weighted by Gasteiger charge is -2.20. The van der Waals surface area contributed by atoms with Crippen LogP contribution < -0.4 is 10.2 Å². The predicted molar refractivity (Wildman–Crippen MR) is 73.1 cm³/mol. The van der Waals surface area contributed by atoms with E-state index >= 15 is 0 Å². The number of benzene rings is 1. The van der Waals surface area contributed by atoms with Crippen LogP contribution in [0.25, 0.3) is 0 Å². The number of anilines is 1. The first kappa shape index (κ1) is 14.2. The number of carbonyl (C=O) groups excluding carboxylic acids is 2. The Labute approximate surface area is 108 Å². The number of nitrogens with zero attached hydrogens (tertiary/aromatic N) is 1. The summed E-state index contributed by atoms with van der Waals surface area (Å²) in [7, 11) is 1.86. The molecular formula is C14H20N2O2. The van der Waals surface area contributed by atoms with Gasteiger partial charge in [-0.2, -0.15) is 0 Å². The minimum atomic E-state index is -0.00961. The van der Waals surface area contributed by atoms with Crippen LogP contribution in [0.1, 0.15) is 29.8 Å². The second-order valence-electron chi connectivity index (χ2n) is 4.74. The van der Waals surface area contributed by atoms with Gasteiger partial charge in [0.25, 0.3) is 0 Å². The molecule has 0 aliphatic rings. The molecule has 0 saturated heterocycles. The second-order valence-corrected chi connectivity index (χ2v) is 4.74. The fourth-order valence-electron chi connectivity index (χ4n) is 1.70. The average molecular weight is 248 g/mol. The Kier molecular flexibility index (Phi) is 4.89. The maximum Gasteiger partial charge on any atom is 0.239 e. The lowest BCUT2D eigenvalue weighted by Crippen LogP contribution is -2.38. The number of hydrogen-bond acceptors (Lipinski definition) is 3. The van der Waals surface area contributed by atoms with Crippen molar-refractivity contribution in [3.63, 3.8) is 0 Å². The van der Waals surface area contributed by atoms with E-state index in [1.165, 1.54) is 0 Å². The van der Waals surface area contributed by atoms with Crippen molar-refractivity contribution in [1.29, 1.82) is 0 Å². The number of rotatable bonds is 5. The molecule has 0 aliphatic heterocycles. The molecule has 0 radical (unpaired) electrons. The summed E-state index contributed by atoms with van der Waals surface area (Å²) in [5.41, 5.74) is 2.52. The van der Waals surface area contributed by atoms with E-state index in [0.717, 1.165) is 17.5 Å². The number of carbonyl (C=O) groups is 2. The van der Waals surface area contributed by atoms with Crippen LogP contribution in [0.5, 0.6) is 0 Å². The molecule has 4 heteroatoms. The van der Waals surface area contributed by atoms with Crippen molar-refractivity contribution in [3.05, 3.63) is 29.3 Å². The quantitative estimate of drug-likeness (QED) is 0.808. The van der Waals surface area contributed by atoms with Crippen LogP contribution in [0.4, 0.5) is 5.69 Å².